The molecule has 4 nitrogen and oxygen atoms in total. The van der Waals surface area contributed by atoms with Gasteiger partial charge < -0.3 is 0 Å². The summed E-state index contributed by atoms with van der Waals surface area (Å²) >= 11 is 0. The maximum atomic E-state index is 4.81. The van der Waals surface area contributed by atoms with Crippen LogP contribution in [0.25, 0.3) is 0 Å². The van der Waals surface area contributed by atoms with Crippen LogP contribution in [0.1, 0.15) is 89.3 Å². The molecular weight excluding hydrogens is 356 g/mol. The van der Waals surface area contributed by atoms with Crippen molar-refractivity contribution in [2.45, 2.75) is 85.0 Å². The van der Waals surface area contributed by atoms with Crippen LogP contribution in [0, 0.1) is 41.4 Å². The lowest BCUT2D eigenvalue weighted by Crippen LogP contribution is -2.52. The lowest BCUT2D eigenvalue weighted by Gasteiger charge is -2.59. The van der Waals surface area contributed by atoms with Crippen LogP contribution in [0.4, 0.5) is 0 Å². The number of fused-ring (bicyclic) bond motifs is 5. The number of hydrogen-bond donors (Lipinski definition) is 0. The van der Waals surface area contributed by atoms with Gasteiger partial charge >= 0.3 is 0 Å². The van der Waals surface area contributed by atoms with Crippen LogP contribution in [-0.4, -0.2) is 21.7 Å². The van der Waals surface area contributed by atoms with E-state index in [-0.39, 0.29) is 5.41 Å². The van der Waals surface area contributed by atoms with Gasteiger partial charge in [-0.15, -0.1) is 0 Å². The molecule has 0 unspecified atom stereocenters. The summed E-state index contributed by atoms with van der Waals surface area (Å²) in [6.07, 6.45) is 18.0. The Morgan fingerprint density at radius 1 is 1.07 bits per heavy atom. The van der Waals surface area contributed by atoms with E-state index in [1.165, 1.54) is 63.5 Å². The normalized spacial score (nSPS) is 43.4. The van der Waals surface area contributed by atoms with Crippen LogP contribution in [0.2, 0.25) is 0 Å². The molecule has 0 bridgehead atoms. The molecule has 1 aromatic rings. The van der Waals surface area contributed by atoms with E-state index in [9.17, 15) is 0 Å². The Morgan fingerprint density at radius 2 is 1.93 bits per heavy atom. The van der Waals surface area contributed by atoms with E-state index in [1.807, 2.05) is 31.1 Å². The molecule has 0 aliphatic heterocycles. The molecular formula is C25H38N4. The second-order valence-electron chi connectivity index (χ2n) is 11.0. The number of aryl methyl sites for hydroxylation is 2. The lowest BCUT2D eigenvalue weighted by molar-refractivity contribution is -0.0936. The molecule has 4 heteroatoms. The Bertz CT molecular complexity index is 836. The van der Waals surface area contributed by atoms with Crippen LogP contribution in [0.5, 0.6) is 0 Å². The molecule has 4 aliphatic carbocycles. The minimum absolute atomic E-state index is 0.278. The summed E-state index contributed by atoms with van der Waals surface area (Å²) in [5.74, 6) is 3.71. The van der Waals surface area contributed by atoms with Gasteiger partial charge in [0.05, 0.1) is 11.9 Å². The molecule has 29 heavy (non-hydrogen) atoms. The average molecular weight is 395 g/mol. The fourth-order valence-electron chi connectivity index (χ4n) is 8.15. The smallest absolute Gasteiger partial charge is 0.0682 e. The van der Waals surface area contributed by atoms with Gasteiger partial charge in [0.25, 0.3) is 0 Å². The molecule has 0 saturated heterocycles. The van der Waals surface area contributed by atoms with E-state index in [2.05, 4.69) is 24.0 Å². The molecule has 4 saturated carbocycles. The third-order valence-corrected chi connectivity index (χ3v) is 9.75. The molecule has 0 spiro atoms. The first kappa shape index (κ1) is 19.5. The monoisotopic (exact) mass is 394 g/mol. The van der Waals surface area contributed by atoms with E-state index in [0.29, 0.717) is 5.41 Å². The van der Waals surface area contributed by atoms with E-state index < -0.39 is 0 Å². The van der Waals surface area contributed by atoms with Crippen molar-refractivity contribution in [3.8, 4) is 0 Å². The first-order valence-corrected chi connectivity index (χ1v) is 12.0. The topological polar surface area (TPSA) is 42.5 Å². The summed E-state index contributed by atoms with van der Waals surface area (Å²) in [7, 11) is 1.96. The quantitative estimate of drug-likeness (QED) is 0.452. The van der Waals surface area contributed by atoms with Gasteiger partial charge in [0.2, 0.25) is 0 Å². The molecule has 0 N–H and O–H groups in total. The highest BCUT2D eigenvalue weighted by molar-refractivity contribution is 5.93. The molecule has 4 fully saturated rings. The third-order valence-electron chi connectivity index (χ3n) is 9.75. The summed E-state index contributed by atoms with van der Waals surface area (Å²) in [4.78, 5) is 0. The van der Waals surface area contributed by atoms with Crippen molar-refractivity contribution in [3.05, 3.63) is 17.5 Å². The number of rotatable bonds is 2. The second kappa shape index (κ2) is 7.06. The Hall–Kier alpha value is -1.45. The number of hydrogen-bond acceptors (Lipinski definition) is 3. The van der Waals surface area contributed by atoms with Gasteiger partial charge in [-0.25, -0.2) is 0 Å². The van der Waals surface area contributed by atoms with Crippen molar-refractivity contribution in [3.63, 3.8) is 0 Å². The molecule has 0 aromatic carbocycles. The third kappa shape index (κ3) is 3.04. The zero-order valence-corrected chi connectivity index (χ0v) is 18.8. The van der Waals surface area contributed by atoms with Crippen LogP contribution < -0.4 is 0 Å². The Kier molecular flexibility index (Phi) is 4.75. The largest absolute Gasteiger partial charge is 0.275 e. The molecule has 1 heterocycles. The highest BCUT2D eigenvalue weighted by atomic mass is 15.3. The Labute approximate surface area is 176 Å². The molecule has 5 rings (SSSR count). The first-order chi connectivity index (χ1) is 13.9. The second-order valence-corrected chi connectivity index (χ2v) is 11.0. The van der Waals surface area contributed by atoms with E-state index >= 15 is 0 Å². The molecule has 158 valence electrons. The van der Waals surface area contributed by atoms with Crippen molar-refractivity contribution in [1.82, 2.24) is 9.78 Å². The summed E-state index contributed by atoms with van der Waals surface area (Å²) in [6, 6.07) is 0. The SMILES string of the molecule is Cc1nn(C)cc1/C=N\N=C1/CC[C@@H]2[C@H]3CC[C@H]4CCCC[C@]4(C)[C@@H]3CC[C@@]12C. The Morgan fingerprint density at radius 3 is 2.72 bits per heavy atom. The number of aromatic nitrogens is 2. The molecule has 4 aliphatic rings. The lowest BCUT2D eigenvalue weighted by atomic mass is 9.45. The van der Waals surface area contributed by atoms with E-state index in [1.54, 1.807) is 0 Å². The van der Waals surface area contributed by atoms with Crippen LogP contribution in [0.15, 0.2) is 16.4 Å². The van der Waals surface area contributed by atoms with Crippen molar-refractivity contribution in [1.29, 1.82) is 0 Å². The maximum absolute atomic E-state index is 4.81. The average Bonchev–Trinajstić information content (AvgIpc) is 3.19. The van der Waals surface area contributed by atoms with E-state index in [0.717, 1.165) is 41.3 Å². The summed E-state index contributed by atoms with van der Waals surface area (Å²) in [5.41, 5.74) is 4.36. The standard InChI is InChI=1S/C25H38N4/c1-17-18(16-29(4)28-17)15-26-27-23-11-10-21-20-9-8-19-7-5-6-13-24(19,2)22(20)12-14-25(21,23)3/h15-16,19-22H,5-14H2,1-4H3/b26-15-,27-23+/t19-,20-,21-,22-,24+,25-/m1/s1. The fourth-order valence-corrected chi connectivity index (χ4v) is 8.15. The molecule has 6 atom stereocenters. The Balaban J connectivity index is 1.37. The highest BCUT2D eigenvalue weighted by Crippen LogP contribution is 2.65. The van der Waals surface area contributed by atoms with Gasteiger partial charge in [-0.2, -0.15) is 15.3 Å². The fraction of sp³-hybridized carbons (Fsp3) is 0.800. The minimum atomic E-state index is 0.278. The van der Waals surface area contributed by atoms with Gasteiger partial charge in [-0.05, 0) is 87.4 Å². The summed E-state index contributed by atoms with van der Waals surface area (Å²) < 4.78 is 1.85. The van der Waals surface area contributed by atoms with Crippen molar-refractivity contribution in [2.75, 3.05) is 0 Å². The van der Waals surface area contributed by atoms with Crippen molar-refractivity contribution >= 4 is 11.9 Å². The predicted octanol–water partition coefficient (Wildman–Crippen LogP) is 5.94. The van der Waals surface area contributed by atoms with Gasteiger partial charge in [-0.3, -0.25) is 4.68 Å². The van der Waals surface area contributed by atoms with Crippen LogP contribution in [-0.2, 0) is 7.05 Å². The van der Waals surface area contributed by atoms with Gasteiger partial charge in [0.15, 0.2) is 0 Å². The maximum Gasteiger partial charge on any atom is 0.0682 e. The van der Waals surface area contributed by atoms with Crippen molar-refractivity contribution in [2.24, 2.45) is 51.8 Å². The molecule has 0 amide bonds. The zero-order chi connectivity index (χ0) is 20.2. The van der Waals surface area contributed by atoms with Crippen LogP contribution in [0.3, 0.4) is 0 Å². The highest BCUT2D eigenvalue weighted by Gasteiger charge is 2.58. The zero-order valence-electron chi connectivity index (χ0n) is 18.8. The minimum Gasteiger partial charge on any atom is -0.275 e. The molecule has 0 radical (unpaired) electrons. The van der Waals surface area contributed by atoms with Crippen molar-refractivity contribution < 1.29 is 0 Å². The van der Waals surface area contributed by atoms with Gasteiger partial charge in [-0.1, -0.05) is 26.7 Å². The summed E-state index contributed by atoms with van der Waals surface area (Å²) in [6.45, 7) is 7.21. The number of nitrogens with zero attached hydrogens (tertiary/aromatic N) is 4. The van der Waals surface area contributed by atoms with Gasteiger partial charge in [0.1, 0.15) is 0 Å². The summed E-state index contributed by atoms with van der Waals surface area (Å²) in [5, 5.41) is 13.7. The van der Waals surface area contributed by atoms with E-state index in [4.69, 9.17) is 5.10 Å². The predicted molar refractivity (Wildman–Crippen MR) is 119 cm³/mol. The van der Waals surface area contributed by atoms with Crippen LogP contribution >= 0.6 is 0 Å². The first-order valence-electron chi connectivity index (χ1n) is 12.0. The molecule has 1 aromatic heterocycles. The van der Waals surface area contributed by atoms with Gasteiger partial charge in [0, 0.05) is 29.9 Å².